The highest BCUT2D eigenvalue weighted by Crippen LogP contribution is 2.72. The lowest BCUT2D eigenvalue weighted by molar-refractivity contribution is -0.226. The van der Waals surface area contributed by atoms with Crippen LogP contribution < -0.4 is 14.7 Å². The summed E-state index contributed by atoms with van der Waals surface area (Å²) in [6.45, 7) is -10.5. The van der Waals surface area contributed by atoms with Gasteiger partial charge < -0.3 is 24.1 Å². The second kappa shape index (κ2) is 4.76. The zero-order valence-corrected chi connectivity index (χ0v) is 9.96. The number of hydrogen-bond acceptors (Lipinski definition) is 9. The molecule has 13 heteroatoms. The SMILES string of the molecule is COP(=O)([O-])OP(=O)([O-])SP(=O)([O-])O. The van der Waals surface area contributed by atoms with Crippen LogP contribution in [0.2, 0.25) is 0 Å². The largest absolute Gasteiger partial charge is 0.770 e. The highest BCUT2D eigenvalue weighted by atomic mass is 33.1. The second-order valence-corrected chi connectivity index (χ2v) is 10.3. The molecule has 0 amide bonds. The van der Waals surface area contributed by atoms with Crippen LogP contribution in [0.25, 0.3) is 0 Å². The van der Waals surface area contributed by atoms with Gasteiger partial charge in [-0.1, -0.05) is 0 Å². The maximum Gasteiger partial charge on any atom is 0.273 e. The van der Waals surface area contributed by atoms with E-state index in [9.17, 15) is 28.4 Å². The van der Waals surface area contributed by atoms with Gasteiger partial charge in [0.2, 0.25) is 6.80 Å². The van der Waals surface area contributed by atoms with Crippen LogP contribution >= 0.6 is 32.4 Å². The molecule has 0 aliphatic carbocycles. The Morgan fingerprint density at radius 2 is 1.64 bits per heavy atom. The lowest BCUT2D eigenvalue weighted by atomic mass is 11.8. The molecule has 14 heavy (non-hydrogen) atoms. The third kappa shape index (κ3) is 7.14. The first kappa shape index (κ1) is 14.8. The number of rotatable bonds is 5. The molecule has 0 saturated heterocycles. The van der Waals surface area contributed by atoms with E-state index in [-0.39, 0.29) is 0 Å². The van der Waals surface area contributed by atoms with Crippen molar-refractivity contribution in [1.29, 1.82) is 0 Å². The van der Waals surface area contributed by atoms with Crippen LogP contribution in [0, 0.1) is 0 Å². The summed E-state index contributed by atoms with van der Waals surface area (Å²) in [5.74, 6) is 0. The molecule has 0 spiro atoms. The smallest absolute Gasteiger partial charge is 0.273 e. The first-order valence-electron chi connectivity index (χ1n) is 2.62. The molecule has 0 radical (unpaired) electrons. The highest BCUT2D eigenvalue weighted by molar-refractivity contribution is 8.84. The van der Waals surface area contributed by atoms with Crippen molar-refractivity contribution in [2.75, 3.05) is 7.11 Å². The van der Waals surface area contributed by atoms with E-state index < -0.39 is 32.4 Å². The van der Waals surface area contributed by atoms with Gasteiger partial charge in [-0.2, -0.15) is 0 Å². The molecule has 0 aromatic rings. The van der Waals surface area contributed by atoms with Gasteiger partial charge in [-0.25, -0.2) is 0 Å². The predicted molar refractivity (Wildman–Crippen MR) is 40.7 cm³/mol. The lowest BCUT2D eigenvalue weighted by Crippen LogP contribution is -2.09. The Hall–Kier alpha value is 0.800. The summed E-state index contributed by atoms with van der Waals surface area (Å²) in [6.07, 6.45) is 0. The number of phosphoric ester groups is 1. The fraction of sp³-hybridized carbons (Fsp3) is 1.00. The molecule has 3 unspecified atom stereocenters. The minimum Gasteiger partial charge on any atom is -0.770 e. The van der Waals surface area contributed by atoms with Crippen LogP contribution in [0.4, 0.5) is 0 Å². The zero-order chi connectivity index (χ0) is 11.6. The maximum atomic E-state index is 10.6. The van der Waals surface area contributed by atoms with Crippen molar-refractivity contribution in [2.24, 2.45) is 0 Å². The van der Waals surface area contributed by atoms with E-state index in [1.807, 2.05) is 0 Å². The minimum atomic E-state index is -5.31. The fourth-order valence-electron chi connectivity index (χ4n) is 0.297. The molecule has 86 valence electrons. The van der Waals surface area contributed by atoms with Crippen molar-refractivity contribution in [1.82, 2.24) is 0 Å². The van der Waals surface area contributed by atoms with Gasteiger partial charge in [0.1, 0.15) is 0 Å². The third-order valence-electron chi connectivity index (χ3n) is 0.627. The molecule has 0 fully saturated rings. The summed E-state index contributed by atoms with van der Waals surface area (Å²) in [5.41, 5.74) is 0. The Labute approximate surface area is 82.2 Å². The highest BCUT2D eigenvalue weighted by Gasteiger charge is 2.22. The summed E-state index contributed by atoms with van der Waals surface area (Å²) in [6, 6.07) is 0. The number of phosphoric acid groups is 1. The molecule has 0 aromatic carbocycles. The van der Waals surface area contributed by atoms with Gasteiger partial charge >= 0.3 is 0 Å². The van der Waals surface area contributed by atoms with Gasteiger partial charge in [0, 0.05) is 7.11 Å². The van der Waals surface area contributed by atoms with Crippen molar-refractivity contribution >= 4 is 32.4 Å². The zero-order valence-electron chi connectivity index (χ0n) is 6.46. The van der Waals surface area contributed by atoms with Crippen molar-refractivity contribution in [3.8, 4) is 0 Å². The monoisotopic (exact) mass is 285 g/mol. The topological polar surface area (TPSA) is 159 Å². The summed E-state index contributed by atoms with van der Waals surface area (Å²) in [4.78, 5) is 39.2. The molecule has 0 aromatic heterocycles. The van der Waals surface area contributed by atoms with Gasteiger partial charge in [0.05, 0.1) is 0 Å². The molecule has 1 N–H and O–H groups in total. The lowest BCUT2D eigenvalue weighted by Gasteiger charge is -2.31. The summed E-state index contributed by atoms with van der Waals surface area (Å²) in [7, 11) is -4.48. The number of hydrogen-bond donors (Lipinski definition) is 1. The van der Waals surface area contributed by atoms with Crippen LogP contribution in [0.3, 0.4) is 0 Å². The van der Waals surface area contributed by atoms with Crippen molar-refractivity contribution < 1.29 is 42.1 Å². The molecular formula is CH4O9P3S-3. The summed E-state index contributed by atoms with van der Waals surface area (Å²) >= 11 is -1.02. The van der Waals surface area contributed by atoms with Gasteiger partial charge in [-0.05, 0) is 11.0 Å². The Bertz CT molecular complexity index is 329. The quantitative estimate of drug-likeness (QED) is 0.606. The molecule has 0 aliphatic rings. The molecule has 0 heterocycles. The standard InChI is InChI=1S/CH7O9P3S/c1-9-12(5,6)10-13(7,8)14-11(2,3)4/h1H3,(H,5,6)(H,7,8)(H2,2,3,4)/p-3. The average Bonchev–Trinajstić information content (AvgIpc) is 1.78. The molecule has 0 aliphatic heterocycles. The van der Waals surface area contributed by atoms with Crippen LogP contribution in [-0.2, 0) is 22.5 Å². The predicted octanol–water partition coefficient (Wildman–Crippen LogP) is -1.22. The van der Waals surface area contributed by atoms with Crippen LogP contribution in [0.15, 0.2) is 0 Å². The van der Waals surface area contributed by atoms with Crippen LogP contribution in [0.1, 0.15) is 0 Å². The Kier molecular flexibility index (Phi) is 5.03. The first-order chi connectivity index (χ1) is 5.97. The maximum absolute atomic E-state index is 10.6. The van der Waals surface area contributed by atoms with E-state index in [0.717, 1.165) is 0 Å². The van der Waals surface area contributed by atoms with E-state index in [2.05, 4.69) is 8.83 Å². The molecule has 9 nitrogen and oxygen atoms in total. The van der Waals surface area contributed by atoms with E-state index in [4.69, 9.17) is 4.89 Å². The summed E-state index contributed by atoms with van der Waals surface area (Å²) in [5, 5.41) is 0. The molecular weight excluding hydrogens is 281 g/mol. The van der Waals surface area contributed by atoms with Crippen molar-refractivity contribution in [2.45, 2.75) is 0 Å². The first-order valence-corrected chi connectivity index (χ1v) is 9.22. The van der Waals surface area contributed by atoms with Crippen molar-refractivity contribution in [3.05, 3.63) is 0 Å². The van der Waals surface area contributed by atoms with E-state index in [1.54, 1.807) is 0 Å². The normalized spacial score (nSPS) is 24.6. The summed E-state index contributed by atoms with van der Waals surface area (Å²) < 4.78 is 38.1. The third-order valence-corrected chi connectivity index (χ3v) is 8.56. The molecule has 0 saturated carbocycles. The Balaban J connectivity index is 4.60. The van der Waals surface area contributed by atoms with E-state index in [0.29, 0.717) is 7.11 Å². The van der Waals surface area contributed by atoms with Gasteiger partial charge in [-0.3, -0.25) is 18.0 Å². The van der Waals surface area contributed by atoms with Gasteiger partial charge in [0.25, 0.3) is 7.82 Å². The Morgan fingerprint density at radius 3 is 1.93 bits per heavy atom. The molecule has 3 atom stereocenters. The van der Waals surface area contributed by atoms with Gasteiger partial charge in [-0.15, -0.1) is 0 Å². The molecule has 0 rings (SSSR count). The van der Waals surface area contributed by atoms with Crippen molar-refractivity contribution in [3.63, 3.8) is 0 Å². The van der Waals surface area contributed by atoms with Crippen LogP contribution in [-0.4, -0.2) is 12.0 Å². The average molecular weight is 285 g/mol. The van der Waals surface area contributed by atoms with E-state index >= 15 is 0 Å². The molecule has 0 bridgehead atoms. The second-order valence-electron chi connectivity index (χ2n) is 1.71. The van der Waals surface area contributed by atoms with Crippen LogP contribution in [0.5, 0.6) is 0 Å². The van der Waals surface area contributed by atoms with Gasteiger partial charge in [0.15, 0.2) is 6.80 Å². The fourth-order valence-corrected chi connectivity index (χ4v) is 6.76. The Morgan fingerprint density at radius 1 is 1.21 bits per heavy atom. The minimum absolute atomic E-state index is 0.619. The van der Waals surface area contributed by atoms with E-state index in [1.165, 1.54) is 0 Å².